The monoisotopic (exact) mass is 414 g/mol. The Kier molecular flexibility index (Phi) is 10.1. The highest BCUT2D eigenvalue weighted by atomic mass is 79.9. The highest BCUT2D eigenvalue weighted by Crippen LogP contribution is 2.25. The average Bonchev–Trinajstić information content (AvgIpc) is 2.55. The van der Waals surface area contributed by atoms with E-state index in [0.29, 0.717) is 12.2 Å². The van der Waals surface area contributed by atoms with E-state index in [1.165, 1.54) is 32.1 Å². The molecular formula is C18H27BrN2O2S. The molecule has 3 N–H and O–H groups in total. The predicted octanol–water partition coefficient (Wildman–Crippen LogP) is 4.21. The smallest absolute Gasteiger partial charge is 0.276 e. The molecule has 1 fully saturated rings. The topological polar surface area (TPSA) is 72.2 Å². The van der Waals surface area contributed by atoms with Crippen LogP contribution in [0.5, 0.6) is 0 Å². The summed E-state index contributed by atoms with van der Waals surface area (Å²) in [6.07, 6.45) is 8.10. The minimum Gasteiger partial charge on any atom is -0.361 e. The summed E-state index contributed by atoms with van der Waals surface area (Å²) in [5.74, 6) is 1.35. The molecule has 0 atom stereocenters. The SMILES string of the molecule is Br.NC(=O)SCc1ccccc1CC(=O)NCCC1CCCCC1. The summed E-state index contributed by atoms with van der Waals surface area (Å²) < 4.78 is 0. The number of halogens is 1. The van der Waals surface area contributed by atoms with Crippen LogP contribution in [0, 0.1) is 5.92 Å². The molecule has 1 aromatic rings. The van der Waals surface area contributed by atoms with Crippen molar-refractivity contribution < 1.29 is 9.59 Å². The maximum absolute atomic E-state index is 12.1. The maximum atomic E-state index is 12.1. The van der Waals surface area contributed by atoms with Gasteiger partial charge in [0.1, 0.15) is 0 Å². The minimum atomic E-state index is -0.392. The van der Waals surface area contributed by atoms with E-state index in [0.717, 1.165) is 41.8 Å². The van der Waals surface area contributed by atoms with Gasteiger partial charge in [-0.3, -0.25) is 9.59 Å². The first kappa shape index (κ1) is 21.0. The Morgan fingerprint density at radius 1 is 1.12 bits per heavy atom. The van der Waals surface area contributed by atoms with Gasteiger partial charge in [-0.25, -0.2) is 0 Å². The largest absolute Gasteiger partial charge is 0.361 e. The van der Waals surface area contributed by atoms with Crippen molar-refractivity contribution in [1.82, 2.24) is 5.32 Å². The number of nitrogens with one attached hydrogen (secondary N) is 1. The summed E-state index contributed by atoms with van der Waals surface area (Å²) in [7, 11) is 0. The first-order valence-corrected chi connectivity index (χ1v) is 9.39. The van der Waals surface area contributed by atoms with Crippen LogP contribution in [0.4, 0.5) is 4.79 Å². The summed E-state index contributed by atoms with van der Waals surface area (Å²) in [6, 6.07) is 7.72. The van der Waals surface area contributed by atoms with Gasteiger partial charge in [0.25, 0.3) is 5.24 Å². The second kappa shape index (κ2) is 11.5. The molecular weight excluding hydrogens is 388 g/mol. The van der Waals surface area contributed by atoms with Crippen molar-refractivity contribution in [1.29, 1.82) is 0 Å². The molecule has 4 nitrogen and oxygen atoms in total. The van der Waals surface area contributed by atoms with E-state index in [4.69, 9.17) is 5.73 Å². The van der Waals surface area contributed by atoms with Crippen molar-refractivity contribution in [2.75, 3.05) is 6.54 Å². The lowest BCUT2D eigenvalue weighted by molar-refractivity contribution is -0.120. The zero-order valence-electron chi connectivity index (χ0n) is 14.0. The lowest BCUT2D eigenvalue weighted by atomic mass is 9.87. The van der Waals surface area contributed by atoms with Gasteiger partial charge in [0.2, 0.25) is 5.91 Å². The molecule has 0 heterocycles. The number of hydrogen-bond acceptors (Lipinski definition) is 3. The van der Waals surface area contributed by atoms with Gasteiger partial charge in [-0.1, -0.05) is 68.1 Å². The number of carbonyl (C=O) groups excluding carboxylic acids is 2. The van der Waals surface area contributed by atoms with Crippen molar-refractivity contribution in [2.45, 2.75) is 50.7 Å². The molecule has 1 aliphatic carbocycles. The van der Waals surface area contributed by atoms with Crippen LogP contribution >= 0.6 is 28.7 Å². The fraction of sp³-hybridized carbons (Fsp3) is 0.556. The van der Waals surface area contributed by atoms with Crippen LogP contribution in [0.3, 0.4) is 0 Å². The van der Waals surface area contributed by atoms with Crippen LogP contribution in [0.25, 0.3) is 0 Å². The second-order valence-electron chi connectivity index (χ2n) is 6.20. The highest BCUT2D eigenvalue weighted by Gasteiger charge is 2.14. The average molecular weight is 415 g/mol. The van der Waals surface area contributed by atoms with Gasteiger partial charge in [-0.05, 0) is 23.5 Å². The van der Waals surface area contributed by atoms with Gasteiger partial charge in [0, 0.05) is 12.3 Å². The molecule has 2 rings (SSSR count). The van der Waals surface area contributed by atoms with Crippen molar-refractivity contribution in [2.24, 2.45) is 11.7 Å². The van der Waals surface area contributed by atoms with Crippen LogP contribution < -0.4 is 11.1 Å². The molecule has 1 saturated carbocycles. The van der Waals surface area contributed by atoms with E-state index in [-0.39, 0.29) is 22.9 Å². The molecule has 2 amide bonds. The summed E-state index contributed by atoms with van der Waals surface area (Å²) in [5.41, 5.74) is 7.14. The lowest BCUT2D eigenvalue weighted by Gasteiger charge is -2.21. The van der Waals surface area contributed by atoms with E-state index in [1.54, 1.807) is 0 Å². The first-order valence-electron chi connectivity index (χ1n) is 8.41. The van der Waals surface area contributed by atoms with Crippen LogP contribution in [0.15, 0.2) is 24.3 Å². The van der Waals surface area contributed by atoms with Gasteiger partial charge >= 0.3 is 0 Å². The third-order valence-corrected chi connectivity index (χ3v) is 5.18. The van der Waals surface area contributed by atoms with E-state index in [9.17, 15) is 9.59 Å². The summed E-state index contributed by atoms with van der Waals surface area (Å²) >= 11 is 1.07. The minimum absolute atomic E-state index is 0. The van der Waals surface area contributed by atoms with Crippen molar-refractivity contribution >= 4 is 39.9 Å². The lowest BCUT2D eigenvalue weighted by Crippen LogP contribution is -2.28. The van der Waals surface area contributed by atoms with Crippen molar-refractivity contribution in [3.8, 4) is 0 Å². The van der Waals surface area contributed by atoms with Gasteiger partial charge in [0.05, 0.1) is 6.42 Å². The molecule has 1 aliphatic rings. The predicted molar refractivity (Wildman–Crippen MR) is 106 cm³/mol. The molecule has 134 valence electrons. The third kappa shape index (κ3) is 7.71. The number of rotatable bonds is 7. The van der Waals surface area contributed by atoms with E-state index in [2.05, 4.69) is 5.32 Å². The van der Waals surface area contributed by atoms with E-state index in [1.807, 2.05) is 24.3 Å². The molecule has 0 radical (unpaired) electrons. The standard InChI is InChI=1S/C18H26N2O2S.BrH/c19-18(22)23-13-16-9-5-4-8-15(16)12-17(21)20-11-10-14-6-2-1-3-7-14;/h4-5,8-9,14H,1-3,6-7,10-13H2,(H2,19,22)(H,20,21);1H. The van der Waals surface area contributed by atoms with E-state index < -0.39 is 5.24 Å². The van der Waals surface area contributed by atoms with Gasteiger partial charge in [-0.15, -0.1) is 17.0 Å². The molecule has 0 bridgehead atoms. The molecule has 24 heavy (non-hydrogen) atoms. The first-order chi connectivity index (χ1) is 11.1. The Bertz CT molecular complexity index is 534. The summed E-state index contributed by atoms with van der Waals surface area (Å²) in [4.78, 5) is 23.0. The summed E-state index contributed by atoms with van der Waals surface area (Å²) in [5, 5.41) is 2.64. The number of nitrogens with two attached hydrogens (primary N) is 1. The number of primary amides is 1. The second-order valence-corrected chi connectivity index (χ2v) is 7.18. The number of thioether (sulfide) groups is 1. The van der Waals surface area contributed by atoms with Gasteiger partial charge in [-0.2, -0.15) is 0 Å². The molecule has 1 aromatic carbocycles. The highest BCUT2D eigenvalue weighted by molar-refractivity contribution is 8.93. The Hall–Kier alpha value is -1.01. The fourth-order valence-electron chi connectivity index (χ4n) is 3.15. The summed E-state index contributed by atoms with van der Waals surface area (Å²) in [6.45, 7) is 0.766. The fourth-order valence-corrected chi connectivity index (χ4v) is 3.73. The van der Waals surface area contributed by atoms with Crippen molar-refractivity contribution in [3.05, 3.63) is 35.4 Å². The molecule has 0 spiro atoms. The molecule has 0 unspecified atom stereocenters. The normalized spacial score (nSPS) is 14.7. The Morgan fingerprint density at radius 3 is 2.46 bits per heavy atom. The Morgan fingerprint density at radius 2 is 1.79 bits per heavy atom. The van der Waals surface area contributed by atoms with E-state index >= 15 is 0 Å². The van der Waals surface area contributed by atoms with Crippen LogP contribution in [-0.4, -0.2) is 17.7 Å². The molecule has 0 saturated heterocycles. The molecule has 0 aromatic heterocycles. The van der Waals surface area contributed by atoms with Crippen LogP contribution in [-0.2, 0) is 17.0 Å². The van der Waals surface area contributed by atoms with Crippen molar-refractivity contribution in [3.63, 3.8) is 0 Å². The quantitative estimate of drug-likeness (QED) is 0.701. The van der Waals surface area contributed by atoms with Gasteiger partial charge in [0.15, 0.2) is 0 Å². The third-order valence-electron chi connectivity index (χ3n) is 4.44. The number of hydrogen-bond donors (Lipinski definition) is 2. The van der Waals surface area contributed by atoms with Gasteiger partial charge < -0.3 is 11.1 Å². The molecule has 0 aliphatic heterocycles. The molecule has 6 heteroatoms. The Labute approximate surface area is 159 Å². The zero-order valence-corrected chi connectivity index (χ0v) is 16.5. The number of benzene rings is 1. The Balaban J connectivity index is 0.00000288. The maximum Gasteiger partial charge on any atom is 0.276 e. The van der Waals surface area contributed by atoms with Crippen LogP contribution in [0.2, 0.25) is 0 Å². The zero-order chi connectivity index (χ0) is 16.5. The number of carbonyl (C=O) groups is 2. The number of amides is 2. The van der Waals surface area contributed by atoms with Crippen LogP contribution in [0.1, 0.15) is 49.7 Å².